The number of ketones is 1. The van der Waals surface area contributed by atoms with Crippen LogP contribution in [0.25, 0.3) is 10.8 Å². The zero-order valence-corrected chi connectivity index (χ0v) is 35.4. The number of aromatic nitrogens is 1. The maximum atomic E-state index is 15.4. The van der Waals surface area contributed by atoms with Crippen molar-refractivity contribution in [1.29, 1.82) is 0 Å². The lowest BCUT2D eigenvalue weighted by molar-refractivity contribution is -0.685. The van der Waals surface area contributed by atoms with Crippen molar-refractivity contribution in [3.63, 3.8) is 0 Å². The predicted octanol–water partition coefficient (Wildman–Crippen LogP) is 11.3. The lowest BCUT2D eigenvalue weighted by Gasteiger charge is -2.44. The topological polar surface area (TPSA) is 30.2 Å². The van der Waals surface area contributed by atoms with E-state index < -0.39 is 144 Å². The fourth-order valence-corrected chi connectivity index (χ4v) is 8.03. The van der Waals surface area contributed by atoms with Gasteiger partial charge in [0.15, 0.2) is 76.0 Å². The van der Waals surface area contributed by atoms with Gasteiger partial charge in [0.2, 0.25) is 12.3 Å². The fraction of sp³-hybridized carbons (Fsp3) is 0.0213. The van der Waals surface area contributed by atoms with Gasteiger partial charge < -0.3 is 4.74 Å². The van der Waals surface area contributed by atoms with Gasteiger partial charge in [-0.05, 0) is 29.7 Å². The molecule has 0 atom stereocenters. The minimum Gasteiger partial charge on any atom is -0.405 e. The Hall–Kier alpha value is -7.63. The van der Waals surface area contributed by atoms with E-state index in [1.54, 1.807) is 12.1 Å². The molecule has 8 aromatic rings. The molecule has 0 saturated carbocycles. The van der Waals surface area contributed by atoms with Gasteiger partial charge in [-0.1, -0.05) is 66.2 Å². The quantitative estimate of drug-likeness (QED) is 0.0360. The van der Waals surface area contributed by atoms with Crippen molar-refractivity contribution in [3.05, 3.63) is 218 Å². The molecule has 0 aliphatic carbocycles. The van der Waals surface area contributed by atoms with Gasteiger partial charge in [-0.2, -0.15) is 4.57 Å². The van der Waals surface area contributed by atoms with Crippen LogP contribution in [0.15, 0.2) is 91.1 Å². The van der Waals surface area contributed by atoms with E-state index in [1.807, 2.05) is 83.6 Å². The second-order valence-electron chi connectivity index (χ2n) is 15.0. The molecule has 0 N–H and O–H groups in total. The number of fused-ring (bicyclic) bond motifs is 1. The third-order valence-corrected chi connectivity index (χ3v) is 11.2. The van der Waals surface area contributed by atoms with E-state index in [4.69, 9.17) is 16.3 Å². The first-order chi connectivity index (χ1) is 33.9. The zero-order valence-electron chi connectivity index (χ0n) is 34.6. The Bertz CT molecular complexity index is 3150. The fourth-order valence-electron chi connectivity index (χ4n) is 7.85. The molecule has 0 fully saturated rings. The van der Waals surface area contributed by atoms with Crippen LogP contribution >= 0.6 is 11.6 Å². The van der Waals surface area contributed by atoms with E-state index in [0.717, 1.165) is 10.8 Å². The molecule has 0 spiro atoms. The third kappa shape index (κ3) is 8.49. The summed E-state index contributed by atoms with van der Waals surface area (Å²) in [5.74, 6) is -70.1. The van der Waals surface area contributed by atoms with E-state index in [1.165, 1.54) is 0 Å². The van der Waals surface area contributed by atoms with Crippen molar-refractivity contribution in [2.24, 2.45) is 0 Å². The molecule has 1 heterocycles. The molecule has 25 heteroatoms. The molecular formula is C47H17BClF20NO2. The van der Waals surface area contributed by atoms with Crippen molar-refractivity contribution in [1.82, 2.24) is 0 Å². The highest BCUT2D eigenvalue weighted by atomic mass is 35.5. The summed E-state index contributed by atoms with van der Waals surface area (Å²) < 4.78 is 302. The number of pyridine rings is 1. The summed E-state index contributed by atoms with van der Waals surface area (Å²) in [6.45, 7) is 0.185. The number of nitrogens with zero attached hydrogens (tertiary/aromatic N) is 1. The Balaban J connectivity index is 0.000000238. The van der Waals surface area contributed by atoms with E-state index in [2.05, 4.69) is 0 Å². The highest BCUT2D eigenvalue weighted by molar-refractivity contribution is 7.20. The Morgan fingerprint density at radius 3 is 1.14 bits per heavy atom. The molecule has 0 bridgehead atoms. The summed E-state index contributed by atoms with van der Waals surface area (Å²) in [5, 5.41) is 2.57. The minimum absolute atomic E-state index is 0.0202. The van der Waals surface area contributed by atoms with Crippen LogP contribution in [0.1, 0.15) is 10.4 Å². The normalized spacial score (nSPS) is 11.5. The van der Waals surface area contributed by atoms with Crippen LogP contribution in [-0.2, 0) is 6.54 Å². The minimum atomic E-state index is -7.22. The number of carbonyl (C=O) groups is 1. The average molecular weight is 1050 g/mol. The number of hydrogen-bond acceptors (Lipinski definition) is 2. The van der Waals surface area contributed by atoms with E-state index >= 15 is 35.1 Å². The lowest BCUT2D eigenvalue weighted by atomic mass is 9.12. The van der Waals surface area contributed by atoms with Gasteiger partial charge in [0.1, 0.15) is 58.4 Å². The van der Waals surface area contributed by atoms with Gasteiger partial charge in [-0.25, -0.2) is 87.8 Å². The third-order valence-electron chi connectivity index (χ3n) is 11.0. The van der Waals surface area contributed by atoms with Crippen LogP contribution in [0, 0.1) is 116 Å². The van der Waals surface area contributed by atoms with Gasteiger partial charge in [0.25, 0.3) is 0 Å². The highest BCUT2D eigenvalue weighted by Crippen LogP contribution is 2.32. The van der Waals surface area contributed by atoms with Gasteiger partial charge in [0, 0.05) is 16.7 Å². The molecule has 0 radical (unpaired) electrons. The van der Waals surface area contributed by atoms with Crippen molar-refractivity contribution >= 4 is 56.2 Å². The molecule has 3 nitrogen and oxygen atoms in total. The van der Waals surface area contributed by atoms with E-state index in [-0.39, 0.29) is 12.3 Å². The first kappa shape index (κ1) is 52.2. The predicted molar refractivity (Wildman–Crippen MR) is 216 cm³/mol. The molecule has 7 aromatic carbocycles. The molecule has 0 amide bonds. The summed E-state index contributed by atoms with van der Waals surface area (Å²) in [6, 6.07) is 26.4. The van der Waals surface area contributed by atoms with Crippen LogP contribution in [0.5, 0.6) is 11.6 Å². The summed E-state index contributed by atoms with van der Waals surface area (Å²) in [7, 11) is 0. The largest absolute Gasteiger partial charge is 0.405 e. The number of carbonyl (C=O) groups excluding carboxylic acids is 1. The smallest absolute Gasteiger partial charge is 0.381 e. The molecule has 0 aliphatic heterocycles. The Kier molecular flexibility index (Phi) is 14.4. The molecule has 0 unspecified atom stereocenters. The molecule has 1 aromatic heterocycles. The van der Waals surface area contributed by atoms with Gasteiger partial charge in [-0.15, -0.1) is 21.9 Å². The number of halogens is 21. The van der Waals surface area contributed by atoms with Gasteiger partial charge >= 0.3 is 5.88 Å². The molecule has 8 rings (SSSR count). The summed E-state index contributed by atoms with van der Waals surface area (Å²) >= 11 is 6.09. The number of rotatable bonds is 9. The Morgan fingerprint density at radius 2 is 0.764 bits per heavy atom. The Morgan fingerprint density at radius 1 is 0.417 bits per heavy atom. The highest BCUT2D eigenvalue weighted by Gasteiger charge is 2.52. The monoisotopic (exact) mass is 1050 g/mol. The van der Waals surface area contributed by atoms with Crippen LogP contribution in [0.3, 0.4) is 0 Å². The van der Waals surface area contributed by atoms with Crippen molar-refractivity contribution in [2.75, 3.05) is 0 Å². The van der Waals surface area contributed by atoms with Crippen LogP contribution < -0.4 is 31.2 Å². The SMILES string of the molecule is Fc1c(F)c(F)c([B-](c2c(F)c(F)c(F)c(F)c2F)(c2c(F)c(F)c(F)c(F)c2F)c2c(F)c(F)c(F)c(F)c2F)c(F)c1F.O=C(C[n+]1ccc2ccccc2c1Oc1cccc(Cl)c1)c1ccccc1. The number of benzene rings is 7. The summed E-state index contributed by atoms with van der Waals surface area (Å²) in [5.41, 5.74) is -13.7. The van der Waals surface area contributed by atoms with Gasteiger partial charge in [0.05, 0.1) is 5.39 Å². The molecule has 72 heavy (non-hydrogen) atoms. The maximum absolute atomic E-state index is 15.4. The van der Waals surface area contributed by atoms with E-state index in [0.29, 0.717) is 22.2 Å². The molecule has 0 aliphatic rings. The van der Waals surface area contributed by atoms with Crippen LogP contribution in [0.2, 0.25) is 5.02 Å². The van der Waals surface area contributed by atoms with Crippen molar-refractivity contribution in [2.45, 2.75) is 6.54 Å². The lowest BCUT2D eigenvalue weighted by Crippen LogP contribution is -2.81. The van der Waals surface area contributed by atoms with Crippen molar-refractivity contribution < 1.29 is 102 Å². The molecule has 0 saturated heterocycles. The van der Waals surface area contributed by atoms with Crippen molar-refractivity contribution in [3.8, 4) is 11.6 Å². The molecular weight excluding hydrogens is 1040 g/mol. The second kappa shape index (κ2) is 19.9. The number of ether oxygens (including phenoxy) is 1. The first-order valence-corrected chi connectivity index (χ1v) is 19.9. The van der Waals surface area contributed by atoms with Crippen LogP contribution in [-0.4, -0.2) is 11.9 Å². The summed E-state index contributed by atoms with van der Waals surface area (Å²) in [4.78, 5) is 12.7. The zero-order chi connectivity index (χ0) is 53.0. The van der Waals surface area contributed by atoms with Gasteiger partial charge in [-0.3, -0.25) is 4.79 Å². The maximum Gasteiger partial charge on any atom is 0.381 e. The summed E-state index contributed by atoms with van der Waals surface area (Å²) in [6.07, 6.45) is -5.34. The molecule has 372 valence electrons. The number of Topliss-reactive ketones (excluding diaryl/α,β-unsaturated/α-hetero) is 1. The van der Waals surface area contributed by atoms with E-state index in [9.17, 15) is 57.5 Å². The average Bonchev–Trinajstić information content (AvgIpc) is 3.37. The Labute approximate surface area is 393 Å². The number of hydrogen-bond donors (Lipinski definition) is 0. The van der Waals surface area contributed by atoms with Crippen LogP contribution in [0.4, 0.5) is 87.8 Å². The first-order valence-electron chi connectivity index (χ1n) is 19.6. The standard InChI is InChI=1S/C24BF20.C23H17ClNO2/c26-5-1(6(27)14(35)21(42)13(5)34)25(2-7(28)15(36)22(43)16(37)8(2)29,3-9(30)17(38)23(44)18(39)10(3)31)4-11(32)19(40)24(45)20(41)12(4)33;24-19-10-6-11-20(15-19)27-23-21-12-5-4-7-17(21)13-14-25(23)16-22(26)18-8-2-1-3-9-18/h;1-15H,16H2/q-1;+1. The second-order valence-corrected chi connectivity index (χ2v) is 15.4.